The lowest BCUT2D eigenvalue weighted by atomic mass is 9.53. The molecule has 5 aliphatic rings. The lowest BCUT2D eigenvalue weighted by Gasteiger charge is -2.57. The van der Waals surface area contributed by atoms with Gasteiger partial charge in [-0.25, -0.2) is 4.98 Å². The molecule has 1 aromatic carbocycles. The Labute approximate surface area is 212 Å². The molecule has 4 aliphatic carbocycles. The summed E-state index contributed by atoms with van der Waals surface area (Å²) in [5.41, 5.74) is 1.93. The number of rotatable bonds is 8. The summed E-state index contributed by atoms with van der Waals surface area (Å²) in [7, 11) is 0. The van der Waals surface area contributed by atoms with Gasteiger partial charge in [0.1, 0.15) is 11.9 Å². The van der Waals surface area contributed by atoms with E-state index in [1.54, 1.807) is 6.92 Å². The van der Waals surface area contributed by atoms with Crippen LogP contribution in [0.1, 0.15) is 88.1 Å². The molecule has 5 fully saturated rings. The predicted octanol–water partition coefficient (Wildman–Crippen LogP) is 3.95. The molecule has 1 aromatic heterocycles. The molecular formula is C29H38N4O3. The highest BCUT2D eigenvalue weighted by molar-refractivity contribution is 5.99. The quantitative estimate of drug-likeness (QED) is 0.432. The maximum atomic E-state index is 13.6. The highest BCUT2D eigenvalue weighted by atomic mass is 16.2. The molecule has 1 saturated heterocycles. The van der Waals surface area contributed by atoms with E-state index in [0.29, 0.717) is 28.7 Å². The Bertz CT molecular complexity index is 1210. The third-order valence-corrected chi connectivity index (χ3v) is 9.38. The van der Waals surface area contributed by atoms with E-state index >= 15 is 0 Å². The standard InChI is InChI=1S/C29H38N4O3/c1-18-31-23-8-5-7-22(26(23)28(36)33(18)24-9-10-25(34)32-27(24)35)6-3-2-4-11-30-29-15-19-12-20(16-29)14-21(13-19)17-29/h5,7-8,19-21,24,30H,2-4,6,9-17H2,1H3,(H,32,34,35). The number of piperidine rings is 1. The van der Waals surface area contributed by atoms with Gasteiger partial charge in [0, 0.05) is 12.0 Å². The lowest BCUT2D eigenvalue weighted by molar-refractivity contribution is -0.135. The number of benzene rings is 1. The van der Waals surface area contributed by atoms with E-state index in [9.17, 15) is 14.4 Å². The first-order valence-corrected chi connectivity index (χ1v) is 14.0. The van der Waals surface area contributed by atoms with Crippen LogP contribution >= 0.6 is 0 Å². The van der Waals surface area contributed by atoms with Crippen molar-refractivity contribution in [3.05, 3.63) is 39.9 Å². The van der Waals surface area contributed by atoms with Crippen molar-refractivity contribution < 1.29 is 9.59 Å². The van der Waals surface area contributed by atoms with Crippen LogP contribution in [0.15, 0.2) is 23.0 Å². The number of hydrogen-bond donors (Lipinski definition) is 2. The van der Waals surface area contributed by atoms with Crippen molar-refractivity contribution in [3.8, 4) is 0 Å². The zero-order chi connectivity index (χ0) is 24.9. The maximum absolute atomic E-state index is 13.6. The third kappa shape index (κ3) is 4.40. The number of hydrogen-bond acceptors (Lipinski definition) is 5. The maximum Gasteiger partial charge on any atom is 0.262 e. The van der Waals surface area contributed by atoms with Crippen molar-refractivity contribution in [2.24, 2.45) is 17.8 Å². The summed E-state index contributed by atoms with van der Waals surface area (Å²) in [4.78, 5) is 42.3. The van der Waals surface area contributed by atoms with Crippen LogP contribution in [0.5, 0.6) is 0 Å². The number of imide groups is 1. The average Bonchev–Trinajstić information content (AvgIpc) is 2.81. The number of fused-ring (bicyclic) bond motifs is 1. The van der Waals surface area contributed by atoms with Crippen molar-refractivity contribution in [2.75, 3.05) is 6.54 Å². The molecule has 7 rings (SSSR count). The number of nitrogens with zero attached hydrogens (tertiary/aromatic N) is 2. The lowest BCUT2D eigenvalue weighted by Crippen LogP contribution is -2.58. The highest BCUT2D eigenvalue weighted by Crippen LogP contribution is 2.55. The Morgan fingerprint density at radius 2 is 1.75 bits per heavy atom. The fourth-order valence-electron chi connectivity index (χ4n) is 8.22. The SMILES string of the molecule is Cc1nc2cccc(CCCCCNC34CC5CC(CC(C5)C3)C4)c2c(=O)n1C1CCC(=O)NC1=O. The topological polar surface area (TPSA) is 93.1 Å². The summed E-state index contributed by atoms with van der Waals surface area (Å²) in [6.45, 7) is 2.85. The number of aryl methyl sites for hydroxylation is 2. The number of amides is 2. The molecule has 0 radical (unpaired) electrons. The molecule has 36 heavy (non-hydrogen) atoms. The van der Waals surface area contributed by atoms with Gasteiger partial charge in [-0.3, -0.25) is 24.3 Å². The van der Waals surface area contributed by atoms with Crippen LogP contribution in [0.3, 0.4) is 0 Å². The molecule has 1 unspecified atom stereocenters. The van der Waals surface area contributed by atoms with Gasteiger partial charge in [-0.2, -0.15) is 0 Å². The van der Waals surface area contributed by atoms with Crippen LogP contribution in [0, 0.1) is 24.7 Å². The largest absolute Gasteiger partial charge is 0.311 e. The summed E-state index contributed by atoms with van der Waals surface area (Å²) >= 11 is 0. The van der Waals surface area contributed by atoms with Gasteiger partial charge < -0.3 is 5.32 Å². The second kappa shape index (κ2) is 9.40. The minimum atomic E-state index is -0.684. The molecule has 4 bridgehead atoms. The Morgan fingerprint density at radius 1 is 1.03 bits per heavy atom. The van der Waals surface area contributed by atoms with E-state index in [4.69, 9.17) is 0 Å². The van der Waals surface area contributed by atoms with E-state index in [1.165, 1.54) is 43.1 Å². The smallest absolute Gasteiger partial charge is 0.262 e. The van der Waals surface area contributed by atoms with Crippen LogP contribution in [-0.4, -0.2) is 33.4 Å². The second-order valence-electron chi connectivity index (χ2n) is 12.0. The molecule has 2 aromatic rings. The van der Waals surface area contributed by atoms with E-state index < -0.39 is 11.9 Å². The number of carbonyl (C=O) groups excluding carboxylic acids is 2. The molecule has 4 saturated carbocycles. The first kappa shape index (κ1) is 23.8. The van der Waals surface area contributed by atoms with Crippen molar-refractivity contribution in [1.29, 1.82) is 0 Å². The van der Waals surface area contributed by atoms with Crippen LogP contribution < -0.4 is 16.2 Å². The van der Waals surface area contributed by atoms with E-state index in [1.807, 2.05) is 18.2 Å². The zero-order valence-electron chi connectivity index (χ0n) is 21.4. The molecule has 2 N–H and O–H groups in total. The Hall–Kier alpha value is -2.54. The number of unbranched alkanes of at least 4 members (excludes halogenated alkanes) is 2. The first-order chi connectivity index (χ1) is 17.4. The fraction of sp³-hybridized carbons (Fsp3) is 0.655. The summed E-state index contributed by atoms with van der Waals surface area (Å²) in [6, 6.07) is 5.17. The van der Waals surface area contributed by atoms with E-state index in [2.05, 4.69) is 15.6 Å². The molecule has 2 heterocycles. The van der Waals surface area contributed by atoms with Gasteiger partial charge in [-0.05, 0) is 107 Å². The summed E-state index contributed by atoms with van der Waals surface area (Å²) in [5.74, 6) is 2.72. The van der Waals surface area contributed by atoms with Crippen LogP contribution in [0.2, 0.25) is 0 Å². The normalized spacial score (nSPS) is 31.2. The monoisotopic (exact) mass is 490 g/mol. The summed E-state index contributed by atoms with van der Waals surface area (Å²) in [5, 5.41) is 6.98. The van der Waals surface area contributed by atoms with Gasteiger partial charge in [0.2, 0.25) is 11.8 Å². The van der Waals surface area contributed by atoms with Crippen molar-refractivity contribution in [1.82, 2.24) is 20.2 Å². The average molecular weight is 491 g/mol. The van der Waals surface area contributed by atoms with Crippen molar-refractivity contribution in [3.63, 3.8) is 0 Å². The minimum Gasteiger partial charge on any atom is -0.311 e. The number of nitrogens with one attached hydrogen (secondary N) is 2. The molecule has 192 valence electrons. The van der Waals surface area contributed by atoms with Crippen LogP contribution in [0.25, 0.3) is 10.9 Å². The molecule has 7 nitrogen and oxygen atoms in total. The Kier molecular flexibility index (Phi) is 6.22. The predicted molar refractivity (Wildman–Crippen MR) is 139 cm³/mol. The molecule has 2 amide bonds. The molecule has 7 heteroatoms. The molecule has 1 aliphatic heterocycles. The van der Waals surface area contributed by atoms with Gasteiger partial charge in [-0.1, -0.05) is 18.6 Å². The van der Waals surface area contributed by atoms with Crippen LogP contribution in [0.4, 0.5) is 0 Å². The van der Waals surface area contributed by atoms with E-state index in [-0.39, 0.29) is 17.9 Å². The first-order valence-electron chi connectivity index (χ1n) is 14.0. The molecular weight excluding hydrogens is 452 g/mol. The van der Waals surface area contributed by atoms with Gasteiger partial charge in [-0.15, -0.1) is 0 Å². The number of aromatic nitrogens is 2. The van der Waals surface area contributed by atoms with Crippen molar-refractivity contribution in [2.45, 2.75) is 95.6 Å². The zero-order valence-corrected chi connectivity index (χ0v) is 21.4. The number of carbonyl (C=O) groups is 2. The minimum absolute atomic E-state index is 0.175. The molecule has 1 atom stereocenters. The van der Waals surface area contributed by atoms with Gasteiger partial charge >= 0.3 is 0 Å². The van der Waals surface area contributed by atoms with Crippen LogP contribution in [-0.2, 0) is 16.0 Å². The summed E-state index contributed by atoms with van der Waals surface area (Å²) in [6.07, 6.45) is 13.3. The molecule has 0 spiro atoms. The van der Waals surface area contributed by atoms with Gasteiger partial charge in [0.05, 0.1) is 10.9 Å². The van der Waals surface area contributed by atoms with E-state index in [0.717, 1.165) is 55.5 Å². The van der Waals surface area contributed by atoms with Crippen molar-refractivity contribution >= 4 is 22.7 Å². The fourth-order valence-corrected chi connectivity index (χ4v) is 8.22. The second-order valence-corrected chi connectivity index (χ2v) is 12.0. The Balaban J connectivity index is 1.09. The van der Waals surface area contributed by atoms with Gasteiger partial charge in [0.25, 0.3) is 5.56 Å². The Morgan fingerprint density at radius 3 is 2.44 bits per heavy atom. The third-order valence-electron chi connectivity index (χ3n) is 9.38. The van der Waals surface area contributed by atoms with Gasteiger partial charge in [0.15, 0.2) is 0 Å². The highest BCUT2D eigenvalue weighted by Gasteiger charge is 2.50. The summed E-state index contributed by atoms with van der Waals surface area (Å²) < 4.78 is 1.49.